The van der Waals surface area contributed by atoms with Gasteiger partial charge in [0, 0.05) is 25.1 Å². The second-order valence-electron chi connectivity index (χ2n) is 14.6. The van der Waals surface area contributed by atoms with Crippen molar-refractivity contribution < 1.29 is 46.1 Å². The molecule has 4 aromatic carbocycles. The maximum atomic E-state index is 15.7. The Bertz CT molecular complexity index is 2060. The maximum absolute atomic E-state index is 15.7. The molecule has 1 amide bonds. The lowest BCUT2D eigenvalue weighted by atomic mass is 9.92. The van der Waals surface area contributed by atoms with Gasteiger partial charge in [-0.2, -0.15) is 8.78 Å². The van der Waals surface area contributed by atoms with E-state index < -0.39 is 66.2 Å². The molecule has 57 heavy (non-hydrogen) atoms. The summed E-state index contributed by atoms with van der Waals surface area (Å²) >= 11 is 0. The van der Waals surface area contributed by atoms with Crippen LogP contribution in [-0.2, 0) is 11.2 Å². The third kappa shape index (κ3) is 10.4. The summed E-state index contributed by atoms with van der Waals surface area (Å²) < 4.78 is 86.3. The van der Waals surface area contributed by atoms with Crippen LogP contribution in [0.5, 0.6) is 11.5 Å². The fourth-order valence-corrected chi connectivity index (χ4v) is 7.16. The smallest absolute Gasteiger partial charge is 0.326 e. The van der Waals surface area contributed by atoms with E-state index >= 15 is 4.39 Å². The maximum Gasteiger partial charge on any atom is 0.326 e. The number of likely N-dealkylation sites (tertiary alicyclic amines) is 1. The standard InChI is InChI=1S/C44H50F5N3O5/c1-6-43(46,47)26-52(27-44(48,49)28(2)3)31-23-29(4)39(35(45)25-31)41(53)50-36(42(54)55)24-30-13-10-15-33-32(30)14-11-16-34(33)40-37(56-5)17-12-18-38(40)57-22-21-51-19-8-7-9-20-51/h10-18,23,25,36H,2,6-9,19-22,24,26-27H2,1,3-5H3,(H,50,53)(H,54,55)/t36-/m0/s1. The van der Waals surface area contributed by atoms with E-state index in [9.17, 15) is 32.3 Å². The summed E-state index contributed by atoms with van der Waals surface area (Å²) in [4.78, 5) is 29.2. The van der Waals surface area contributed by atoms with E-state index in [1.54, 1.807) is 19.2 Å². The van der Waals surface area contributed by atoms with Crippen LogP contribution in [0.15, 0.2) is 78.9 Å². The number of nitrogens with one attached hydrogen (secondary N) is 1. The lowest BCUT2D eigenvalue weighted by Gasteiger charge is -2.32. The van der Waals surface area contributed by atoms with Gasteiger partial charge in [0.15, 0.2) is 0 Å². The summed E-state index contributed by atoms with van der Waals surface area (Å²) in [6, 6.07) is 17.0. The Labute approximate surface area is 330 Å². The molecule has 13 heteroatoms. The minimum absolute atomic E-state index is 0.0596. The van der Waals surface area contributed by atoms with Gasteiger partial charge in [-0.05, 0) is 97.1 Å². The van der Waals surface area contributed by atoms with Crippen LogP contribution in [-0.4, -0.2) is 86.2 Å². The first kappa shape index (κ1) is 43.0. The molecule has 1 heterocycles. The van der Waals surface area contributed by atoms with Gasteiger partial charge in [-0.25, -0.2) is 18.0 Å². The summed E-state index contributed by atoms with van der Waals surface area (Å²) in [5.41, 5.74) is 0.670. The van der Waals surface area contributed by atoms with E-state index in [-0.39, 0.29) is 17.7 Å². The number of carboxylic acid groups (broad SMARTS) is 1. The highest BCUT2D eigenvalue weighted by Crippen LogP contribution is 2.42. The highest BCUT2D eigenvalue weighted by Gasteiger charge is 2.38. The van der Waals surface area contributed by atoms with Gasteiger partial charge in [-0.1, -0.05) is 62.4 Å². The number of anilines is 1. The Morgan fingerprint density at radius 2 is 1.63 bits per heavy atom. The number of benzene rings is 4. The number of aliphatic carboxylic acids is 1. The van der Waals surface area contributed by atoms with Crippen LogP contribution >= 0.6 is 0 Å². The number of carbonyl (C=O) groups excluding carboxylic acids is 1. The third-order valence-corrected chi connectivity index (χ3v) is 10.4. The predicted molar refractivity (Wildman–Crippen MR) is 213 cm³/mol. The molecular weight excluding hydrogens is 745 g/mol. The van der Waals surface area contributed by atoms with Gasteiger partial charge in [-0.15, -0.1) is 0 Å². The third-order valence-electron chi connectivity index (χ3n) is 10.4. The Hall–Kier alpha value is -5.17. The van der Waals surface area contributed by atoms with Crippen LogP contribution in [0.25, 0.3) is 21.9 Å². The first-order valence-electron chi connectivity index (χ1n) is 19.1. The fraction of sp³-hybridized carbons (Fsp3) is 0.409. The minimum atomic E-state index is -3.57. The number of methoxy groups -OCH3 is 1. The zero-order valence-corrected chi connectivity index (χ0v) is 32.8. The second kappa shape index (κ2) is 18.4. The lowest BCUT2D eigenvalue weighted by molar-refractivity contribution is -0.139. The zero-order chi connectivity index (χ0) is 41.5. The molecule has 1 aliphatic heterocycles. The van der Waals surface area contributed by atoms with Crippen molar-refractivity contribution in [3.8, 4) is 22.6 Å². The van der Waals surface area contributed by atoms with Crippen molar-refractivity contribution in [2.75, 3.05) is 51.3 Å². The highest BCUT2D eigenvalue weighted by atomic mass is 19.3. The van der Waals surface area contributed by atoms with Crippen molar-refractivity contribution in [1.82, 2.24) is 10.2 Å². The van der Waals surface area contributed by atoms with Crippen molar-refractivity contribution in [2.24, 2.45) is 0 Å². The number of ether oxygens (including phenoxy) is 2. The van der Waals surface area contributed by atoms with Crippen LogP contribution in [0.2, 0.25) is 0 Å². The Balaban J connectivity index is 1.42. The SMILES string of the molecule is C=C(C)C(F)(F)CN(CC(F)(F)CC)c1cc(C)c(C(=O)N[C@@H](Cc2cccc3c(-c4c(OC)cccc4OCCN4CCCCC4)cccc23)C(=O)O)c(F)c1. The Kier molecular flexibility index (Phi) is 13.9. The van der Waals surface area contributed by atoms with E-state index in [2.05, 4.69) is 16.8 Å². The van der Waals surface area contributed by atoms with Gasteiger partial charge in [0.2, 0.25) is 0 Å². The number of carbonyl (C=O) groups is 2. The first-order valence-corrected chi connectivity index (χ1v) is 19.1. The number of fused-ring (bicyclic) bond motifs is 1. The molecule has 0 saturated carbocycles. The number of halogens is 5. The van der Waals surface area contributed by atoms with Gasteiger partial charge < -0.3 is 24.8 Å². The Morgan fingerprint density at radius 1 is 0.965 bits per heavy atom. The highest BCUT2D eigenvalue weighted by molar-refractivity contribution is 6.02. The number of hydrogen-bond donors (Lipinski definition) is 2. The topological polar surface area (TPSA) is 91.3 Å². The fourth-order valence-electron chi connectivity index (χ4n) is 7.16. The number of rotatable bonds is 18. The van der Waals surface area contributed by atoms with Gasteiger partial charge in [-0.3, -0.25) is 9.69 Å². The minimum Gasteiger partial charge on any atom is -0.496 e. The molecule has 0 aromatic heterocycles. The van der Waals surface area contributed by atoms with E-state index in [4.69, 9.17) is 9.47 Å². The number of amides is 1. The largest absolute Gasteiger partial charge is 0.496 e. The average Bonchev–Trinajstić information content (AvgIpc) is 3.17. The number of alkyl halides is 4. The first-order chi connectivity index (χ1) is 27.0. The summed E-state index contributed by atoms with van der Waals surface area (Å²) in [7, 11) is 1.58. The lowest BCUT2D eigenvalue weighted by Crippen LogP contribution is -2.44. The van der Waals surface area contributed by atoms with E-state index in [0.29, 0.717) is 34.0 Å². The van der Waals surface area contributed by atoms with Gasteiger partial charge in [0.05, 0.1) is 31.3 Å². The van der Waals surface area contributed by atoms with Crippen LogP contribution in [0, 0.1) is 12.7 Å². The zero-order valence-electron chi connectivity index (χ0n) is 32.8. The van der Waals surface area contributed by atoms with E-state index in [1.807, 2.05) is 42.5 Å². The molecule has 0 radical (unpaired) electrons. The van der Waals surface area contributed by atoms with Crippen molar-refractivity contribution in [3.05, 3.63) is 101 Å². The van der Waals surface area contributed by atoms with Crippen LogP contribution in [0.4, 0.5) is 27.6 Å². The van der Waals surface area contributed by atoms with Crippen LogP contribution in [0.3, 0.4) is 0 Å². The second-order valence-corrected chi connectivity index (χ2v) is 14.6. The quantitative estimate of drug-likeness (QED) is 0.0767. The molecule has 0 aliphatic carbocycles. The molecule has 0 spiro atoms. The molecule has 0 unspecified atom stereocenters. The summed E-state index contributed by atoms with van der Waals surface area (Å²) in [6.07, 6.45) is 2.76. The molecule has 1 aliphatic rings. The number of hydrogen-bond acceptors (Lipinski definition) is 6. The van der Waals surface area contributed by atoms with Gasteiger partial charge >= 0.3 is 5.97 Å². The molecule has 1 saturated heterocycles. The molecule has 306 valence electrons. The molecule has 0 bridgehead atoms. The van der Waals surface area contributed by atoms with Crippen molar-refractivity contribution in [3.63, 3.8) is 0 Å². The molecule has 1 atom stereocenters. The number of carboxylic acids is 1. The van der Waals surface area contributed by atoms with Crippen molar-refractivity contribution in [1.29, 1.82) is 0 Å². The van der Waals surface area contributed by atoms with E-state index in [0.717, 1.165) is 55.2 Å². The normalized spacial score (nSPS) is 14.3. The van der Waals surface area contributed by atoms with Crippen LogP contribution < -0.4 is 19.7 Å². The average molecular weight is 796 g/mol. The summed E-state index contributed by atoms with van der Waals surface area (Å²) in [5.74, 6) is -9.35. The van der Waals surface area contributed by atoms with Crippen molar-refractivity contribution in [2.45, 2.75) is 70.8 Å². The van der Waals surface area contributed by atoms with Crippen molar-refractivity contribution >= 4 is 28.3 Å². The number of piperidine rings is 1. The van der Waals surface area contributed by atoms with Crippen LogP contribution in [0.1, 0.15) is 61.0 Å². The molecule has 2 N–H and O–H groups in total. The Morgan fingerprint density at radius 3 is 2.28 bits per heavy atom. The monoisotopic (exact) mass is 795 g/mol. The molecular formula is C44H50F5N3O5. The summed E-state index contributed by atoms with van der Waals surface area (Å²) in [5, 5.41) is 14.2. The number of nitrogens with zero attached hydrogens (tertiary/aromatic N) is 2. The molecule has 4 aromatic rings. The van der Waals surface area contributed by atoms with E-state index in [1.165, 1.54) is 33.1 Å². The molecule has 5 rings (SSSR count). The predicted octanol–water partition coefficient (Wildman–Crippen LogP) is 9.32. The van der Waals surface area contributed by atoms with Gasteiger partial charge in [0.25, 0.3) is 17.8 Å². The summed E-state index contributed by atoms with van der Waals surface area (Å²) in [6.45, 7) is 7.87. The van der Waals surface area contributed by atoms with Gasteiger partial charge in [0.1, 0.15) is 30.0 Å². The number of aryl methyl sites for hydroxylation is 1. The molecule has 1 fully saturated rings. The molecule has 8 nitrogen and oxygen atoms in total.